The summed E-state index contributed by atoms with van der Waals surface area (Å²) in [5, 5.41) is 32.5. The van der Waals surface area contributed by atoms with E-state index < -0.39 is 37.4 Å². The normalized spacial score (nSPS) is 18.5. The van der Waals surface area contributed by atoms with Crippen LogP contribution in [-0.2, 0) is 27.7 Å². The van der Waals surface area contributed by atoms with Crippen LogP contribution >= 0.6 is 43.6 Å². The summed E-state index contributed by atoms with van der Waals surface area (Å²) in [5.74, 6) is 0.386. The molecule has 12 nitrogen and oxygen atoms in total. The summed E-state index contributed by atoms with van der Waals surface area (Å²) in [7, 11) is -4.26. The highest BCUT2D eigenvalue weighted by Gasteiger charge is 2.49. The van der Waals surface area contributed by atoms with E-state index in [0.29, 0.717) is 12.8 Å². The van der Waals surface area contributed by atoms with Crippen LogP contribution in [0.2, 0.25) is 0 Å². The van der Waals surface area contributed by atoms with Gasteiger partial charge in [-0.1, -0.05) is 65.1 Å². The number of hydrogen-bond acceptors (Lipinski definition) is 13. The minimum atomic E-state index is -4.26. The number of aliphatic hydroxyl groups is 3. The lowest BCUT2D eigenvalue weighted by atomic mass is 9.93. The maximum atomic E-state index is 13.5. The zero-order valence-electron chi connectivity index (χ0n) is 25.5. The summed E-state index contributed by atoms with van der Waals surface area (Å²) in [5.41, 5.74) is -2.96. The number of aromatic nitrogens is 2. The topological polar surface area (TPSA) is 177 Å². The van der Waals surface area contributed by atoms with Gasteiger partial charge in [0.25, 0.3) is 5.56 Å². The van der Waals surface area contributed by atoms with E-state index in [0.717, 1.165) is 41.1 Å². The van der Waals surface area contributed by atoms with Crippen molar-refractivity contribution in [1.29, 1.82) is 0 Å². The van der Waals surface area contributed by atoms with E-state index in [1.54, 1.807) is 0 Å². The van der Waals surface area contributed by atoms with Gasteiger partial charge in [-0.15, -0.1) is 0 Å². The van der Waals surface area contributed by atoms with E-state index in [1.807, 2.05) is 41.5 Å². The summed E-state index contributed by atoms with van der Waals surface area (Å²) in [6.07, 6.45) is -1.25. The lowest BCUT2D eigenvalue weighted by molar-refractivity contribution is -0.153. The first-order valence-corrected chi connectivity index (χ1v) is 17.5. The molecule has 1 aromatic heterocycles. The maximum absolute atomic E-state index is 13.5. The average molecular weight is 683 g/mol. The Morgan fingerprint density at radius 2 is 1.51 bits per heavy atom. The zero-order chi connectivity index (χ0) is 32.8. The van der Waals surface area contributed by atoms with Gasteiger partial charge in [-0.2, -0.15) is 0 Å². The first kappa shape index (κ1) is 38.1. The minimum Gasteiger partial charge on any atom is -0.385 e. The number of thioether (sulfide) groups is 2. The van der Waals surface area contributed by atoms with Gasteiger partial charge in [-0.05, 0) is 41.6 Å². The zero-order valence-corrected chi connectivity index (χ0v) is 28.9. The molecule has 244 valence electrons. The molecule has 0 spiro atoms. The molecule has 0 bridgehead atoms. The van der Waals surface area contributed by atoms with E-state index in [4.69, 9.17) is 25.8 Å². The van der Waals surface area contributed by atoms with Crippen molar-refractivity contribution in [2.24, 2.45) is 10.8 Å². The Kier molecular flexibility index (Phi) is 13.7. The highest BCUT2D eigenvalue weighted by molar-refractivity contribution is 8.13. The fourth-order valence-corrected chi connectivity index (χ4v) is 7.31. The molecule has 1 heterocycles. The third kappa shape index (κ3) is 13.0. The Hall–Kier alpha value is -1.13. The molecular formula is C27H43N2O10PS3. The number of phosphoric ester groups is 1. The smallest absolute Gasteiger partial charge is 0.385 e. The molecule has 0 saturated heterocycles. The van der Waals surface area contributed by atoms with Crippen molar-refractivity contribution < 1.29 is 43.0 Å². The van der Waals surface area contributed by atoms with Crippen molar-refractivity contribution in [2.45, 2.75) is 85.3 Å². The number of hydrogen-bond donors (Lipinski definition) is 4. The van der Waals surface area contributed by atoms with Crippen LogP contribution in [0, 0.1) is 15.6 Å². The molecule has 1 unspecified atom stereocenters. The van der Waals surface area contributed by atoms with Crippen LogP contribution in [0.1, 0.15) is 67.5 Å². The van der Waals surface area contributed by atoms with Crippen LogP contribution in [0.5, 0.6) is 0 Å². The molecule has 0 aliphatic heterocycles. The first-order valence-electron chi connectivity index (χ1n) is 13.6. The highest BCUT2D eigenvalue weighted by Crippen LogP contribution is 2.54. The van der Waals surface area contributed by atoms with E-state index in [-0.39, 0.29) is 56.1 Å². The molecule has 0 fully saturated rings. The molecular weight excluding hydrogens is 639 g/mol. The monoisotopic (exact) mass is 682 g/mol. The van der Waals surface area contributed by atoms with Crippen LogP contribution in [-0.4, -0.2) is 77.6 Å². The van der Waals surface area contributed by atoms with Gasteiger partial charge in [-0.25, -0.2) is 4.57 Å². The standard InChI is InChI=1S/C27H43N2O10PS3/c1-25(2,3)15-20(31)42-12-10-37-40(36,38-11-13-43-21(32)16-26(4,5)6)39-18-14-17(18)22(33)27(7,35)23(34)29-9-8-19(30)28-24(29)41/h8-9,14,18,22-23,33-35H,10-13,15-16H2,1-7H3,(H,28,30,41)/t18?,22-,23+,27+/m0/s1. The average Bonchev–Trinajstić information content (AvgIpc) is 3.60. The Morgan fingerprint density at radius 1 is 1.02 bits per heavy atom. The second kappa shape index (κ2) is 15.4. The van der Waals surface area contributed by atoms with Crippen molar-refractivity contribution in [3.05, 3.63) is 39.0 Å². The van der Waals surface area contributed by atoms with E-state index in [2.05, 4.69) is 4.98 Å². The third-order valence-electron chi connectivity index (χ3n) is 5.85. The minimum absolute atomic E-state index is 0.0424. The SMILES string of the molecule is CC(C)(C)CC(=O)SCCOP(=O)(OCCSC(=O)CC(C)(C)C)OC1C=C1[C@H](O)[C@@](C)(O)[C@@H](O)n1ccc(=O)[nH]c1=S. The van der Waals surface area contributed by atoms with Crippen molar-refractivity contribution >= 4 is 53.8 Å². The lowest BCUT2D eigenvalue weighted by Gasteiger charge is -2.34. The first-order chi connectivity index (χ1) is 19.6. The fraction of sp³-hybridized carbons (Fsp3) is 0.704. The number of nitrogens with one attached hydrogen (secondary N) is 1. The molecule has 4 atom stereocenters. The summed E-state index contributed by atoms with van der Waals surface area (Å²) >= 11 is 7.10. The van der Waals surface area contributed by atoms with Gasteiger partial charge in [-0.3, -0.25) is 37.5 Å². The molecule has 1 aliphatic carbocycles. The number of rotatable bonds is 16. The Bertz CT molecular complexity index is 1290. The van der Waals surface area contributed by atoms with Gasteiger partial charge >= 0.3 is 7.82 Å². The highest BCUT2D eigenvalue weighted by atomic mass is 32.2. The van der Waals surface area contributed by atoms with Gasteiger partial charge in [0.1, 0.15) is 17.8 Å². The Labute approximate surface area is 265 Å². The maximum Gasteiger partial charge on any atom is 0.475 e. The number of aromatic amines is 1. The summed E-state index contributed by atoms with van der Waals surface area (Å²) in [4.78, 5) is 38.2. The number of carbonyl (C=O) groups is 2. The Balaban J connectivity index is 2.03. The molecule has 2 rings (SSSR count). The van der Waals surface area contributed by atoms with E-state index in [1.165, 1.54) is 12.3 Å². The second-order valence-electron chi connectivity index (χ2n) is 12.7. The molecule has 0 amide bonds. The molecule has 4 N–H and O–H groups in total. The van der Waals surface area contributed by atoms with Gasteiger partial charge in [0.15, 0.2) is 21.2 Å². The number of H-pyrrole nitrogens is 1. The van der Waals surface area contributed by atoms with Crippen LogP contribution in [0.4, 0.5) is 0 Å². The van der Waals surface area contributed by atoms with Crippen molar-refractivity contribution in [2.75, 3.05) is 24.7 Å². The van der Waals surface area contributed by atoms with Crippen LogP contribution < -0.4 is 5.56 Å². The molecule has 1 aromatic rings. The number of nitrogens with zero attached hydrogens (tertiary/aromatic N) is 1. The van der Waals surface area contributed by atoms with Crippen molar-refractivity contribution in [3.63, 3.8) is 0 Å². The summed E-state index contributed by atoms with van der Waals surface area (Å²) in [6.45, 7) is 12.6. The Morgan fingerprint density at radius 3 is 1.95 bits per heavy atom. The summed E-state index contributed by atoms with van der Waals surface area (Å²) < 4.78 is 30.9. The van der Waals surface area contributed by atoms with Gasteiger partial charge < -0.3 is 15.3 Å². The summed E-state index contributed by atoms with van der Waals surface area (Å²) in [6, 6.07) is 1.10. The van der Waals surface area contributed by atoms with Gasteiger partial charge in [0.05, 0.1) is 13.2 Å². The van der Waals surface area contributed by atoms with Crippen LogP contribution in [0.25, 0.3) is 0 Å². The lowest BCUT2D eigenvalue weighted by Crippen LogP contribution is -2.48. The molecule has 0 radical (unpaired) electrons. The molecule has 0 saturated carbocycles. The fourth-order valence-electron chi connectivity index (χ4n) is 3.66. The van der Waals surface area contributed by atoms with Crippen molar-refractivity contribution in [1.82, 2.24) is 9.55 Å². The quantitative estimate of drug-likeness (QED) is 0.0838. The van der Waals surface area contributed by atoms with Crippen molar-refractivity contribution in [3.8, 4) is 0 Å². The molecule has 1 aliphatic rings. The van der Waals surface area contributed by atoms with E-state index in [9.17, 15) is 34.3 Å². The van der Waals surface area contributed by atoms with Crippen LogP contribution in [0.15, 0.2) is 28.7 Å². The number of phosphoric acid groups is 1. The van der Waals surface area contributed by atoms with Crippen LogP contribution in [0.3, 0.4) is 0 Å². The molecule has 0 aromatic carbocycles. The van der Waals surface area contributed by atoms with Gasteiger partial charge in [0, 0.05) is 36.6 Å². The largest absolute Gasteiger partial charge is 0.475 e. The third-order valence-corrected chi connectivity index (χ3v) is 9.32. The predicted molar refractivity (Wildman–Crippen MR) is 169 cm³/mol. The number of carbonyl (C=O) groups excluding carboxylic acids is 2. The second-order valence-corrected chi connectivity index (χ2v) is 17.1. The van der Waals surface area contributed by atoms with Gasteiger partial charge in [0.2, 0.25) is 0 Å². The predicted octanol–water partition coefficient (Wildman–Crippen LogP) is 4.37. The molecule has 43 heavy (non-hydrogen) atoms. The van der Waals surface area contributed by atoms with E-state index >= 15 is 0 Å². The molecule has 16 heteroatoms. The number of aliphatic hydroxyl groups excluding tert-OH is 2.